The Morgan fingerprint density at radius 2 is 1.49 bits per heavy atom. The number of hydrazine groups is 1. The smallest absolute Gasteiger partial charge is 0.266 e. The van der Waals surface area contributed by atoms with E-state index in [2.05, 4.69) is 38.9 Å². The Bertz CT molecular complexity index is 1880. The van der Waals surface area contributed by atoms with E-state index >= 15 is 0 Å². The number of carbonyl (C=O) groups excluding carboxylic acids is 1. The Morgan fingerprint density at radius 1 is 0.837 bits per heavy atom. The number of halogens is 1. The van der Waals surface area contributed by atoms with Crippen LogP contribution in [0.3, 0.4) is 0 Å². The summed E-state index contributed by atoms with van der Waals surface area (Å²) in [6.45, 7) is 0.809. The number of aliphatic imine (C=N–C) groups is 1. The molecular weight excluding hydrogens is 682 g/mol. The van der Waals surface area contributed by atoms with E-state index in [0.29, 0.717) is 36.8 Å². The van der Waals surface area contributed by atoms with E-state index in [0.717, 1.165) is 38.0 Å². The largest absolute Gasteiger partial charge is 0.496 e. The number of rotatable bonds is 14. The minimum absolute atomic E-state index is 0.0614. The highest BCUT2D eigenvalue weighted by Crippen LogP contribution is 2.43. The van der Waals surface area contributed by atoms with Gasteiger partial charge in [-0.25, -0.2) is 10.4 Å². The van der Waals surface area contributed by atoms with Crippen LogP contribution in [0.1, 0.15) is 34.8 Å². The van der Waals surface area contributed by atoms with Crippen molar-refractivity contribution in [3.05, 3.63) is 154 Å². The number of hydrogen-bond donors (Lipinski definition) is 3. The zero-order valence-corrected chi connectivity index (χ0v) is 28.7. The second kappa shape index (κ2) is 16.0. The van der Waals surface area contributed by atoms with Crippen molar-refractivity contribution in [2.75, 3.05) is 20.3 Å². The lowest BCUT2D eigenvalue weighted by Gasteiger charge is -2.31. The third kappa shape index (κ3) is 7.86. The van der Waals surface area contributed by atoms with Crippen molar-refractivity contribution in [1.29, 1.82) is 0 Å². The quantitative estimate of drug-likeness (QED) is 0.0829. The predicted octanol–water partition coefficient (Wildman–Crippen LogP) is 7.21. The highest BCUT2D eigenvalue weighted by Gasteiger charge is 2.53. The van der Waals surface area contributed by atoms with Gasteiger partial charge in [-0.05, 0) is 58.7 Å². The van der Waals surface area contributed by atoms with Crippen molar-refractivity contribution in [1.82, 2.24) is 10.9 Å². The zero-order valence-electron chi connectivity index (χ0n) is 27.1. The third-order valence-corrected chi connectivity index (χ3v) is 9.22. The van der Waals surface area contributed by atoms with E-state index in [4.69, 9.17) is 24.3 Å². The number of benzene rings is 5. The van der Waals surface area contributed by atoms with E-state index in [1.807, 2.05) is 115 Å². The Kier molecular flexibility index (Phi) is 11.0. The summed E-state index contributed by atoms with van der Waals surface area (Å²) in [5.74, 6) is 1.40. The molecule has 0 saturated heterocycles. The first-order valence-electron chi connectivity index (χ1n) is 16.2. The summed E-state index contributed by atoms with van der Waals surface area (Å²) in [4.78, 5) is 19.8. The number of para-hydroxylation sites is 1. The molecule has 0 saturated carbocycles. The summed E-state index contributed by atoms with van der Waals surface area (Å²) in [6, 6.07) is 41.2. The van der Waals surface area contributed by atoms with E-state index in [-0.39, 0.29) is 18.9 Å². The van der Waals surface area contributed by atoms with Gasteiger partial charge in [-0.1, -0.05) is 107 Å². The predicted molar refractivity (Wildman–Crippen MR) is 194 cm³/mol. The van der Waals surface area contributed by atoms with Gasteiger partial charge in [0.1, 0.15) is 11.5 Å². The normalized spacial score (nSPS) is 16.8. The molecule has 0 aliphatic carbocycles. The van der Waals surface area contributed by atoms with E-state index in [1.165, 1.54) is 0 Å². The molecule has 1 aliphatic heterocycles. The number of carbonyl (C=O) groups is 1. The molecule has 0 spiro atoms. The van der Waals surface area contributed by atoms with Gasteiger partial charge in [0.25, 0.3) is 5.91 Å². The summed E-state index contributed by atoms with van der Waals surface area (Å²) in [5.41, 5.74) is 10.2. The molecule has 0 unspecified atom stereocenters. The van der Waals surface area contributed by atoms with Crippen LogP contribution < -0.4 is 20.3 Å². The number of nitrogens with zero attached hydrogens (tertiary/aromatic N) is 1. The molecule has 250 valence electrons. The summed E-state index contributed by atoms with van der Waals surface area (Å²) in [6.07, 6.45) is 0.0427. The van der Waals surface area contributed by atoms with Crippen LogP contribution in [0.25, 0.3) is 11.1 Å². The minimum atomic E-state index is -1.39. The van der Waals surface area contributed by atoms with Crippen LogP contribution in [-0.2, 0) is 22.5 Å². The van der Waals surface area contributed by atoms with Gasteiger partial charge in [-0.2, -0.15) is 0 Å². The fraction of sp³-hybridized carbons (Fsp3) is 0.200. The van der Waals surface area contributed by atoms with Crippen molar-refractivity contribution < 1.29 is 24.1 Å². The zero-order chi connectivity index (χ0) is 34.1. The topological polar surface area (TPSA) is 101 Å². The van der Waals surface area contributed by atoms with Gasteiger partial charge in [0, 0.05) is 41.6 Å². The monoisotopic (exact) mass is 719 g/mol. The maximum Gasteiger partial charge on any atom is 0.266 e. The Morgan fingerprint density at radius 3 is 2.20 bits per heavy atom. The van der Waals surface area contributed by atoms with Gasteiger partial charge in [-0.15, -0.1) is 0 Å². The summed E-state index contributed by atoms with van der Waals surface area (Å²) < 4.78 is 18.8. The van der Waals surface area contributed by atoms with Crippen molar-refractivity contribution in [2.24, 2.45) is 4.99 Å². The second-order valence-electron chi connectivity index (χ2n) is 11.7. The van der Waals surface area contributed by atoms with Crippen molar-refractivity contribution >= 4 is 27.7 Å². The van der Waals surface area contributed by atoms with Crippen LogP contribution in [0.4, 0.5) is 0 Å². The average Bonchev–Trinajstić information content (AvgIpc) is 3.54. The lowest BCUT2D eigenvalue weighted by molar-refractivity contribution is -0.130. The number of aliphatic hydroxyl groups excluding tert-OH is 1. The molecule has 1 aliphatic rings. The van der Waals surface area contributed by atoms with Gasteiger partial charge >= 0.3 is 0 Å². The minimum Gasteiger partial charge on any atom is -0.496 e. The van der Waals surface area contributed by atoms with Crippen LogP contribution in [-0.4, -0.2) is 42.8 Å². The molecule has 2 atom stereocenters. The summed E-state index contributed by atoms with van der Waals surface area (Å²) in [7, 11) is 1.62. The van der Waals surface area contributed by atoms with Crippen molar-refractivity contribution in [3.63, 3.8) is 0 Å². The van der Waals surface area contributed by atoms with Crippen molar-refractivity contribution in [2.45, 2.75) is 31.0 Å². The van der Waals surface area contributed by atoms with Gasteiger partial charge in [0.15, 0.2) is 11.6 Å². The molecule has 5 aromatic carbocycles. The molecule has 8 nitrogen and oxygen atoms in total. The Balaban J connectivity index is 1.38. The molecule has 5 aromatic rings. The number of methoxy groups -OCH3 is 1. The number of nitrogens with one attached hydrogen (secondary N) is 2. The molecule has 1 heterocycles. The SMILES string of the molecule is COc1ccccc1CNNC(=O)[C@@]1(Cc2ccccc2Br)N=C(c2ccc(OCCCO)cc2)O[C@H]1c1ccc(-c2ccccc2)cc1. The number of aliphatic hydroxyl groups is 1. The molecule has 1 amide bonds. The second-order valence-corrected chi connectivity index (χ2v) is 12.5. The molecule has 0 aromatic heterocycles. The standard InChI is InChI=1S/C40H38BrN3O5/c1-47-36-15-8-6-13-33(36)27-42-44-39(46)40(26-32-12-5-7-14-35(32)41)37(30-18-16-29(17-19-30)28-10-3-2-4-11-28)49-38(43-40)31-20-22-34(23-21-31)48-25-9-24-45/h2-8,10-23,37,42,45H,9,24-27H2,1H3,(H,44,46)/t37-,40-/m0/s1. The fourth-order valence-corrected chi connectivity index (χ4v) is 6.30. The Hall–Kier alpha value is -4.96. The van der Waals surface area contributed by atoms with Crippen molar-refractivity contribution in [3.8, 4) is 22.6 Å². The van der Waals surface area contributed by atoms with Crippen LogP contribution in [0.2, 0.25) is 0 Å². The van der Waals surface area contributed by atoms with Gasteiger partial charge in [0.2, 0.25) is 5.90 Å². The van der Waals surface area contributed by atoms with Crippen LogP contribution in [0.15, 0.2) is 137 Å². The third-order valence-electron chi connectivity index (χ3n) is 8.44. The maximum absolute atomic E-state index is 14.6. The summed E-state index contributed by atoms with van der Waals surface area (Å²) in [5, 5.41) is 9.12. The van der Waals surface area contributed by atoms with Crippen LogP contribution in [0, 0.1) is 0 Å². The number of ether oxygens (including phenoxy) is 3. The highest BCUT2D eigenvalue weighted by molar-refractivity contribution is 9.10. The van der Waals surface area contributed by atoms with Crippen LogP contribution in [0.5, 0.6) is 11.5 Å². The molecule has 0 bridgehead atoms. The Labute approximate surface area is 294 Å². The molecule has 49 heavy (non-hydrogen) atoms. The van der Waals surface area contributed by atoms with Crippen LogP contribution >= 0.6 is 15.9 Å². The molecule has 0 radical (unpaired) electrons. The first kappa shape index (κ1) is 33.9. The first-order valence-corrected chi connectivity index (χ1v) is 16.9. The van der Waals surface area contributed by atoms with Gasteiger partial charge in [0.05, 0.1) is 13.7 Å². The van der Waals surface area contributed by atoms with Gasteiger partial charge in [-0.3, -0.25) is 10.2 Å². The first-order chi connectivity index (χ1) is 24.0. The number of hydrogen-bond acceptors (Lipinski definition) is 7. The molecular formula is C40H38BrN3O5. The van der Waals surface area contributed by atoms with E-state index < -0.39 is 11.6 Å². The molecule has 6 rings (SSSR count). The fourth-order valence-electron chi connectivity index (χ4n) is 5.87. The lowest BCUT2D eigenvalue weighted by atomic mass is 9.82. The summed E-state index contributed by atoms with van der Waals surface area (Å²) >= 11 is 3.70. The lowest BCUT2D eigenvalue weighted by Crippen LogP contribution is -2.53. The van der Waals surface area contributed by atoms with Gasteiger partial charge < -0.3 is 19.3 Å². The highest BCUT2D eigenvalue weighted by atomic mass is 79.9. The average molecular weight is 721 g/mol. The number of amides is 1. The molecule has 3 N–H and O–H groups in total. The molecule has 9 heteroatoms. The van der Waals surface area contributed by atoms with E-state index in [1.54, 1.807) is 7.11 Å². The van der Waals surface area contributed by atoms with E-state index in [9.17, 15) is 4.79 Å². The maximum atomic E-state index is 14.6. The molecule has 0 fully saturated rings.